The predicted molar refractivity (Wildman–Crippen MR) is 111 cm³/mol. The van der Waals surface area contributed by atoms with E-state index in [0.717, 1.165) is 75.0 Å². The quantitative estimate of drug-likeness (QED) is 0.702. The second-order valence-corrected chi connectivity index (χ2v) is 7.92. The lowest BCUT2D eigenvalue weighted by atomic mass is 9.95. The molecule has 28 heavy (non-hydrogen) atoms. The summed E-state index contributed by atoms with van der Waals surface area (Å²) in [6, 6.07) is 8.95. The van der Waals surface area contributed by atoms with Crippen LogP contribution < -0.4 is 4.90 Å². The van der Waals surface area contributed by atoms with Gasteiger partial charge in [0.25, 0.3) is 0 Å². The molecule has 0 spiro atoms. The minimum atomic E-state index is 0.766. The Morgan fingerprint density at radius 3 is 2.86 bits per heavy atom. The fourth-order valence-corrected chi connectivity index (χ4v) is 4.41. The summed E-state index contributed by atoms with van der Waals surface area (Å²) >= 11 is 0. The van der Waals surface area contributed by atoms with Crippen molar-refractivity contribution in [3.05, 3.63) is 53.0 Å². The topological polar surface area (TPSA) is 46.4 Å². The van der Waals surface area contributed by atoms with E-state index in [9.17, 15) is 0 Å². The van der Waals surface area contributed by atoms with Crippen LogP contribution >= 0.6 is 0 Å². The molecule has 2 aliphatic rings. The van der Waals surface area contributed by atoms with Crippen LogP contribution in [0.3, 0.4) is 0 Å². The van der Waals surface area contributed by atoms with E-state index in [4.69, 9.17) is 9.72 Å². The maximum Gasteiger partial charge on any atom is 0.130 e. The average molecular weight is 377 g/mol. The van der Waals surface area contributed by atoms with Gasteiger partial charge in [0.2, 0.25) is 0 Å². The molecule has 2 aliphatic heterocycles. The second kappa shape index (κ2) is 7.18. The highest BCUT2D eigenvalue weighted by Crippen LogP contribution is 2.26. The fourth-order valence-electron chi connectivity index (χ4n) is 4.41. The number of ether oxygens (including phenoxy) is 1. The van der Waals surface area contributed by atoms with Gasteiger partial charge in [0.1, 0.15) is 17.2 Å². The number of anilines is 1. The monoisotopic (exact) mass is 377 g/mol. The van der Waals surface area contributed by atoms with E-state index in [2.05, 4.69) is 57.6 Å². The third-order valence-corrected chi connectivity index (χ3v) is 6.04. The minimum absolute atomic E-state index is 0.766. The Hall–Kier alpha value is -2.44. The van der Waals surface area contributed by atoms with E-state index in [1.807, 2.05) is 6.20 Å². The number of aryl methyl sites for hydroxylation is 1. The molecule has 3 aromatic rings. The Labute approximate surface area is 165 Å². The van der Waals surface area contributed by atoms with Gasteiger partial charge in [-0.3, -0.25) is 0 Å². The normalized spacial score (nSPS) is 17.9. The van der Waals surface area contributed by atoms with Crippen LogP contribution in [-0.2, 0) is 24.2 Å². The molecule has 0 atom stereocenters. The van der Waals surface area contributed by atoms with Gasteiger partial charge in [-0.15, -0.1) is 0 Å². The van der Waals surface area contributed by atoms with Crippen LogP contribution in [0.5, 0.6) is 0 Å². The molecule has 0 N–H and O–H groups in total. The van der Waals surface area contributed by atoms with Gasteiger partial charge in [-0.05, 0) is 37.1 Å². The molecule has 0 unspecified atom stereocenters. The zero-order valence-electron chi connectivity index (χ0n) is 16.7. The van der Waals surface area contributed by atoms with Crippen molar-refractivity contribution in [3.63, 3.8) is 0 Å². The summed E-state index contributed by atoms with van der Waals surface area (Å²) in [6.07, 6.45) is 3.05. The highest BCUT2D eigenvalue weighted by molar-refractivity contribution is 5.78. The summed E-state index contributed by atoms with van der Waals surface area (Å²) in [5.41, 5.74) is 6.51. The van der Waals surface area contributed by atoms with Gasteiger partial charge in [-0.2, -0.15) is 0 Å². The van der Waals surface area contributed by atoms with Gasteiger partial charge in [0.05, 0.1) is 24.9 Å². The third kappa shape index (κ3) is 3.16. The molecular formula is C22H27N5O. The fraction of sp³-hybridized carbons (Fsp3) is 0.455. The highest BCUT2D eigenvalue weighted by Gasteiger charge is 2.19. The maximum absolute atomic E-state index is 5.49. The molecule has 2 aromatic heterocycles. The van der Waals surface area contributed by atoms with E-state index in [0.29, 0.717) is 0 Å². The summed E-state index contributed by atoms with van der Waals surface area (Å²) in [5, 5.41) is 0. The number of hydrogen-bond donors (Lipinski definition) is 0. The third-order valence-electron chi connectivity index (χ3n) is 6.04. The number of rotatable bonds is 3. The lowest BCUT2D eigenvalue weighted by molar-refractivity contribution is 0.122. The molecule has 6 heteroatoms. The Morgan fingerprint density at radius 1 is 1.14 bits per heavy atom. The molecule has 1 aromatic carbocycles. The summed E-state index contributed by atoms with van der Waals surface area (Å²) in [4.78, 5) is 14.1. The number of morpholine rings is 1. The van der Waals surface area contributed by atoms with Crippen molar-refractivity contribution in [3.8, 4) is 0 Å². The summed E-state index contributed by atoms with van der Waals surface area (Å²) < 4.78 is 7.82. The Balaban J connectivity index is 1.53. The van der Waals surface area contributed by atoms with Crippen molar-refractivity contribution in [1.82, 2.24) is 19.4 Å². The van der Waals surface area contributed by atoms with Gasteiger partial charge in [-0.25, -0.2) is 9.97 Å². The molecule has 0 amide bonds. The Bertz CT molecular complexity index is 1010. The molecule has 0 bridgehead atoms. The van der Waals surface area contributed by atoms with Gasteiger partial charge in [0.15, 0.2) is 0 Å². The predicted octanol–water partition coefficient (Wildman–Crippen LogP) is 2.61. The molecule has 1 fully saturated rings. The van der Waals surface area contributed by atoms with E-state index in [-0.39, 0.29) is 0 Å². The number of benzene rings is 1. The number of pyridine rings is 1. The van der Waals surface area contributed by atoms with Crippen molar-refractivity contribution in [1.29, 1.82) is 0 Å². The first-order valence-corrected chi connectivity index (χ1v) is 10.1. The van der Waals surface area contributed by atoms with Gasteiger partial charge in [-0.1, -0.05) is 18.2 Å². The van der Waals surface area contributed by atoms with Crippen molar-refractivity contribution in [2.75, 3.05) is 44.8 Å². The molecule has 6 nitrogen and oxygen atoms in total. The van der Waals surface area contributed by atoms with Crippen molar-refractivity contribution in [2.24, 2.45) is 0 Å². The lowest BCUT2D eigenvalue weighted by Crippen LogP contribution is -2.36. The zero-order chi connectivity index (χ0) is 19.1. The van der Waals surface area contributed by atoms with Crippen LogP contribution in [0.25, 0.3) is 11.0 Å². The van der Waals surface area contributed by atoms with E-state index in [1.165, 1.54) is 16.7 Å². The van der Waals surface area contributed by atoms with Gasteiger partial charge in [0, 0.05) is 38.8 Å². The van der Waals surface area contributed by atoms with Gasteiger partial charge >= 0.3 is 0 Å². The molecule has 0 radical (unpaired) electrons. The first-order chi connectivity index (χ1) is 13.7. The number of nitrogens with zero attached hydrogens (tertiary/aromatic N) is 5. The molecule has 4 heterocycles. The van der Waals surface area contributed by atoms with Crippen LogP contribution in [-0.4, -0.2) is 59.3 Å². The van der Waals surface area contributed by atoms with Crippen LogP contribution in [0.1, 0.15) is 22.5 Å². The van der Waals surface area contributed by atoms with Gasteiger partial charge < -0.3 is 19.1 Å². The number of imidazole rings is 1. The van der Waals surface area contributed by atoms with Crippen molar-refractivity contribution >= 4 is 16.9 Å². The zero-order valence-corrected chi connectivity index (χ0v) is 16.7. The van der Waals surface area contributed by atoms with E-state index in [1.54, 1.807) is 0 Å². The summed E-state index contributed by atoms with van der Waals surface area (Å²) in [6.45, 7) is 8.43. The second-order valence-electron chi connectivity index (χ2n) is 7.92. The number of likely N-dealkylation sites (N-methyl/N-ethyl adjacent to an activating group) is 1. The molecule has 5 rings (SSSR count). The highest BCUT2D eigenvalue weighted by atomic mass is 16.5. The first kappa shape index (κ1) is 17.6. The minimum Gasteiger partial charge on any atom is -0.378 e. The SMILES string of the molecule is Cc1nc2cnc(N3CCOCC3)cc2n1Cc1cccc2c1CN(C)CC2. The number of aromatic nitrogens is 3. The van der Waals surface area contributed by atoms with Crippen molar-refractivity contribution in [2.45, 2.75) is 26.4 Å². The Morgan fingerprint density at radius 2 is 2.00 bits per heavy atom. The lowest BCUT2D eigenvalue weighted by Gasteiger charge is -2.28. The van der Waals surface area contributed by atoms with E-state index < -0.39 is 0 Å². The molecule has 146 valence electrons. The molecule has 0 saturated carbocycles. The van der Waals surface area contributed by atoms with Crippen LogP contribution in [0.2, 0.25) is 0 Å². The standard InChI is InChI=1S/C22H27N5O/c1-16-24-20-13-23-22(26-8-10-28-11-9-26)12-21(20)27(16)14-18-5-3-4-17-6-7-25(2)15-19(17)18/h3-5,12-13H,6-11,14-15H2,1-2H3. The molecular weight excluding hydrogens is 350 g/mol. The molecule has 1 saturated heterocycles. The van der Waals surface area contributed by atoms with Crippen molar-refractivity contribution < 1.29 is 4.74 Å². The maximum atomic E-state index is 5.49. The van der Waals surface area contributed by atoms with Crippen LogP contribution in [0.15, 0.2) is 30.5 Å². The van der Waals surface area contributed by atoms with E-state index >= 15 is 0 Å². The average Bonchev–Trinajstić information content (AvgIpc) is 3.03. The van der Waals surface area contributed by atoms with Crippen LogP contribution in [0.4, 0.5) is 5.82 Å². The number of fused-ring (bicyclic) bond motifs is 2. The largest absolute Gasteiger partial charge is 0.378 e. The number of hydrogen-bond acceptors (Lipinski definition) is 5. The van der Waals surface area contributed by atoms with Crippen LogP contribution in [0, 0.1) is 6.92 Å². The smallest absolute Gasteiger partial charge is 0.130 e. The molecule has 0 aliphatic carbocycles. The Kier molecular flexibility index (Phi) is 4.53. The summed E-state index contributed by atoms with van der Waals surface area (Å²) in [5.74, 6) is 2.06. The summed E-state index contributed by atoms with van der Waals surface area (Å²) in [7, 11) is 2.21. The first-order valence-electron chi connectivity index (χ1n) is 10.1.